The average Bonchev–Trinajstić information content (AvgIpc) is 2.76. The van der Waals surface area contributed by atoms with Crippen LogP contribution in [0.15, 0.2) is 42.9 Å². The molecule has 0 saturated carbocycles. The van der Waals surface area contributed by atoms with Gasteiger partial charge in [-0.2, -0.15) is 0 Å². The number of carbonyl (C=O) groups is 1. The SMILES string of the molecule is O=C(CN1CCC(Oc2cnccn2)CC1)N1CCN(c2ccccc2F)CC1. The van der Waals surface area contributed by atoms with Crippen LogP contribution < -0.4 is 9.64 Å². The molecule has 4 rings (SSSR count). The molecule has 0 atom stereocenters. The number of anilines is 1. The highest BCUT2D eigenvalue weighted by molar-refractivity contribution is 5.78. The first-order chi connectivity index (χ1) is 14.2. The number of piperazine rings is 1. The van der Waals surface area contributed by atoms with Crippen LogP contribution in [0.4, 0.5) is 10.1 Å². The van der Waals surface area contributed by atoms with Crippen molar-refractivity contribution < 1.29 is 13.9 Å². The molecule has 0 bridgehead atoms. The van der Waals surface area contributed by atoms with Crippen molar-refractivity contribution in [3.05, 3.63) is 48.7 Å². The first kappa shape index (κ1) is 19.6. The van der Waals surface area contributed by atoms with Crippen LogP contribution in [0, 0.1) is 5.82 Å². The molecule has 2 fully saturated rings. The summed E-state index contributed by atoms with van der Waals surface area (Å²) in [7, 11) is 0. The number of amides is 1. The topological polar surface area (TPSA) is 61.8 Å². The quantitative estimate of drug-likeness (QED) is 0.764. The summed E-state index contributed by atoms with van der Waals surface area (Å²) in [4.78, 5) is 26.9. The zero-order chi connectivity index (χ0) is 20.1. The third-order valence-corrected chi connectivity index (χ3v) is 5.55. The minimum atomic E-state index is -0.209. The number of likely N-dealkylation sites (tertiary alicyclic amines) is 1. The summed E-state index contributed by atoms with van der Waals surface area (Å²) in [6.07, 6.45) is 6.71. The molecule has 0 radical (unpaired) electrons. The van der Waals surface area contributed by atoms with Crippen LogP contribution >= 0.6 is 0 Å². The van der Waals surface area contributed by atoms with Gasteiger partial charge in [-0.1, -0.05) is 12.1 Å². The maximum Gasteiger partial charge on any atom is 0.236 e. The minimum Gasteiger partial charge on any atom is -0.473 e. The fourth-order valence-electron chi connectivity index (χ4n) is 3.90. The summed E-state index contributed by atoms with van der Waals surface area (Å²) in [6, 6.07) is 6.80. The van der Waals surface area contributed by atoms with Gasteiger partial charge in [-0.15, -0.1) is 0 Å². The molecular weight excluding hydrogens is 373 g/mol. The predicted molar refractivity (Wildman–Crippen MR) is 107 cm³/mol. The van der Waals surface area contributed by atoms with E-state index in [9.17, 15) is 9.18 Å². The molecule has 1 aromatic heterocycles. The number of nitrogens with zero attached hydrogens (tertiary/aromatic N) is 5. The van der Waals surface area contributed by atoms with Gasteiger partial charge in [0, 0.05) is 51.7 Å². The lowest BCUT2D eigenvalue weighted by Crippen LogP contribution is -2.52. The number of halogens is 1. The zero-order valence-electron chi connectivity index (χ0n) is 16.4. The fraction of sp³-hybridized carbons (Fsp3) is 0.476. The van der Waals surface area contributed by atoms with Gasteiger partial charge in [-0.05, 0) is 25.0 Å². The molecule has 1 aromatic carbocycles. The Morgan fingerprint density at radius 3 is 2.52 bits per heavy atom. The molecule has 0 aliphatic carbocycles. The van der Waals surface area contributed by atoms with E-state index in [0.717, 1.165) is 25.9 Å². The Balaban J connectivity index is 1.20. The van der Waals surface area contributed by atoms with Crippen molar-refractivity contribution in [2.24, 2.45) is 0 Å². The summed E-state index contributed by atoms with van der Waals surface area (Å²) in [6.45, 7) is 4.63. The molecule has 0 spiro atoms. The van der Waals surface area contributed by atoms with Gasteiger partial charge >= 0.3 is 0 Å². The van der Waals surface area contributed by atoms with E-state index in [2.05, 4.69) is 14.9 Å². The summed E-state index contributed by atoms with van der Waals surface area (Å²) in [5.74, 6) is 0.486. The number of aromatic nitrogens is 2. The second-order valence-electron chi connectivity index (χ2n) is 7.46. The van der Waals surface area contributed by atoms with Crippen LogP contribution in [0.3, 0.4) is 0 Å². The number of hydrogen-bond acceptors (Lipinski definition) is 6. The normalized spacial score (nSPS) is 18.7. The summed E-state index contributed by atoms with van der Waals surface area (Å²) in [5, 5.41) is 0. The monoisotopic (exact) mass is 399 g/mol. The smallest absolute Gasteiger partial charge is 0.236 e. The first-order valence-corrected chi connectivity index (χ1v) is 10.1. The summed E-state index contributed by atoms with van der Waals surface area (Å²) < 4.78 is 19.8. The number of piperidine rings is 1. The molecule has 0 unspecified atom stereocenters. The Hall–Kier alpha value is -2.74. The molecule has 154 valence electrons. The molecular formula is C21H26FN5O2. The summed E-state index contributed by atoms with van der Waals surface area (Å²) >= 11 is 0. The van der Waals surface area contributed by atoms with Crippen molar-refractivity contribution in [3.63, 3.8) is 0 Å². The van der Waals surface area contributed by atoms with E-state index in [4.69, 9.17) is 4.74 Å². The largest absolute Gasteiger partial charge is 0.473 e. The second kappa shape index (κ2) is 9.17. The Labute approximate surface area is 170 Å². The Kier molecular flexibility index (Phi) is 6.19. The third-order valence-electron chi connectivity index (χ3n) is 5.55. The zero-order valence-corrected chi connectivity index (χ0v) is 16.4. The average molecular weight is 399 g/mol. The van der Waals surface area contributed by atoms with Crippen molar-refractivity contribution >= 4 is 11.6 Å². The van der Waals surface area contributed by atoms with Crippen LogP contribution in [0.1, 0.15) is 12.8 Å². The Morgan fingerprint density at radius 2 is 1.83 bits per heavy atom. The Bertz CT molecular complexity index is 806. The lowest BCUT2D eigenvalue weighted by Gasteiger charge is -2.38. The standard InChI is InChI=1S/C21H26FN5O2/c22-18-3-1-2-4-19(18)26-11-13-27(14-12-26)21(28)16-25-9-5-17(6-10-25)29-20-15-23-7-8-24-20/h1-4,7-8,15,17H,5-6,9-14,16H2. The maximum atomic E-state index is 14.0. The highest BCUT2D eigenvalue weighted by Crippen LogP contribution is 2.21. The van der Waals surface area contributed by atoms with Crippen LogP contribution in [0.2, 0.25) is 0 Å². The maximum absolute atomic E-state index is 14.0. The van der Waals surface area contributed by atoms with Crippen LogP contribution in [0.5, 0.6) is 5.88 Å². The number of hydrogen-bond donors (Lipinski definition) is 0. The van der Waals surface area contributed by atoms with Gasteiger partial charge < -0.3 is 14.5 Å². The summed E-state index contributed by atoms with van der Waals surface area (Å²) in [5.41, 5.74) is 0.616. The van der Waals surface area contributed by atoms with E-state index in [1.165, 1.54) is 6.07 Å². The van der Waals surface area contributed by atoms with Gasteiger partial charge in [0.1, 0.15) is 11.9 Å². The lowest BCUT2D eigenvalue weighted by atomic mass is 10.1. The van der Waals surface area contributed by atoms with E-state index in [0.29, 0.717) is 44.3 Å². The lowest BCUT2D eigenvalue weighted by molar-refractivity contribution is -0.133. The molecule has 2 aliphatic rings. The number of rotatable bonds is 5. The highest BCUT2D eigenvalue weighted by Gasteiger charge is 2.26. The Morgan fingerprint density at radius 1 is 1.07 bits per heavy atom. The molecule has 2 saturated heterocycles. The fourth-order valence-corrected chi connectivity index (χ4v) is 3.90. The molecule has 8 heteroatoms. The molecule has 2 aromatic rings. The predicted octanol–water partition coefficient (Wildman–Crippen LogP) is 1.81. The van der Waals surface area contributed by atoms with Crippen molar-refractivity contribution in [2.45, 2.75) is 18.9 Å². The van der Waals surface area contributed by atoms with Crippen LogP contribution in [-0.4, -0.2) is 77.6 Å². The van der Waals surface area contributed by atoms with Crippen molar-refractivity contribution in [1.29, 1.82) is 0 Å². The van der Waals surface area contributed by atoms with Crippen molar-refractivity contribution in [1.82, 2.24) is 19.8 Å². The second-order valence-corrected chi connectivity index (χ2v) is 7.46. The van der Waals surface area contributed by atoms with Crippen LogP contribution in [0.25, 0.3) is 0 Å². The molecule has 2 aliphatic heterocycles. The third kappa shape index (κ3) is 5.00. The van der Waals surface area contributed by atoms with Gasteiger partial charge in [-0.3, -0.25) is 14.7 Å². The van der Waals surface area contributed by atoms with Gasteiger partial charge in [0.05, 0.1) is 18.4 Å². The number of benzene rings is 1. The van der Waals surface area contributed by atoms with Crippen molar-refractivity contribution in [3.8, 4) is 5.88 Å². The van der Waals surface area contributed by atoms with E-state index >= 15 is 0 Å². The van der Waals surface area contributed by atoms with E-state index in [-0.39, 0.29) is 17.8 Å². The van der Waals surface area contributed by atoms with E-state index in [1.807, 2.05) is 15.9 Å². The van der Waals surface area contributed by atoms with Gasteiger partial charge in [0.2, 0.25) is 11.8 Å². The van der Waals surface area contributed by atoms with Gasteiger partial charge in [0.25, 0.3) is 0 Å². The van der Waals surface area contributed by atoms with Crippen molar-refractivity contribution in [2.75, 3.05) is 50.7 Å². The number of para-hydroxylation sites is 1. The van der Waals surface area contributed by atoms with Gasteiger partial charge in [0.15, 0.2) is 0 Å². The van der Waals surface area contributed by atoms with Crippen LogP contribution in [-0.2, 0) is 4.79 Å². The molecule has 7 nitrogen and oxygen atoms in total. The first-order valence-electron chi connectivity index (χ1n) is 10.1. The minimum absolute atomic E-state index is 0.113. The van der Waals surface area contributed by atoms with Gasteiger partial charge in [-0.25, -0.2) is 9.37 Å². The highest BCUT2D eigenvalue weighted by atomic mass is 19.1. The van der Waals surface area contributed by atoms with E-state index < -0.39 is 0 Å². The molecule has 29 heavy (non-hydrogen) atoms. The van der Waals surface area contributed by atoms with E-state index in [1.54, 1.807) is 30.7 Å². The molecule has 3 heterocycles. The molecule has 1 amide bonds. The number of ether oxygens (including phenoxy) is 1. The number of carbonyl (C=O) groups excluding carboxylic acids is 1. The molecule has 0 N–H and O–H groups in total.